The first-order chi connectivity index (χ1) is 16.5. The molecule has 0 spiro atoms. The van der Waals surface area contributed by atoms with Crippen LogP contribution in [0.3, 0.4) is 0 Å². The van der Waals surface area contributed by atoms with E-state index in [1.807, 2.05) is 24.1 Å². The Morgan fingerprint density at radius 3 is 2.42 bits per heavy atom. The molecule has 3 rings (SSSR count). The second-order valence-electron chi connectivity index (χ2n) is 10.4. The Kier molecular flexibility index (Phi) is 7.96. The number of allylic oxidation sites excluding steroid dienone is 5. The fourth-order valence-electron chi connectivity index (χ4n) is 5.83. The van der Waals surface area contributed by atoms with Crippen molar-refractivity contribution in [2.75, 3.05) is 0 Å². The summed E-state index contributed by atoms with van der Waals surface area (Å²) in [5.74, 6) is 2.75. The van der Waals surface area contributed by atoms with Crippen LogP contribution < -0.4 is 0 Å². The zero-order valence-corrected chi connectivity index (χ0v) is 20.3. The largest absolute Gasteiger partial charge is 0.438 e. The Morgan fingerprint density at radius 2 is 1.81 bits per heavy atom. The summed E-state index contributed by atoms with van der Waals surface area (Å²) in [5, 5.41) is 29.3. The molecule has 3 aliphatic rings. The Morgan fingerprint density at radius 1 is 1.17 bits per heavy atom. The van der Waals surface area contributed by atoms with Crippen molar-refractivity contribution in [2.45, 2.75) is 89.0 Å². The Hall–Kier alpha value is -2.02. The van der Waals surface area contributed by atoms with Gasteiger partial charge in [-0.2, -0.15) is 26.3 Å². The maximum Gasteiger partial charge on any atom is 0.438 e. The maximum atomic E-state index is 12.9. The summed E-state index contributed by atoms with van der Waals surface area (Å²) in [5.41, 5.74) is -1.86. The number of hydrogen-bond acceptors (Lipinski definition) is 3. The number of halogens is 6. The first kappa shape index (κ1) is 28.5. The summed E-state index contributed by atoms with van der Waals surface area (Å²) in [6, 6.07) is 0. The average molecular weight is 519 g/mol. The predicted octanol–water partition coefficient (Wildman–Crippen LogP) is 5.93. The van der Waals surface area contributed by atoms with E-state index in [0.29, 0.717) is 18.4 Å². The van der Waals surface area contributed by atoms with Crippen molar-refractivity contribution < 1.29 is 41.7 Å². The number of aliphatic hydroxyl groups excluding tert-OH is 2. The summed E-state index contributed by atoms with van der Waals surface area (Å²) in [6.45, 7) is 7.72. The second-order valence-corrected chi connectivity index (χ2v) is 10.4. The predicted molar refractivity (Wildman–Crippen MR) is 123 cm³/mol. The van der Waals surface area contributed by atoms with Crippen LogP contribution in [0.4, 0.5) is 26.3 Å². The van der Waals surface area contributed by atoms with E-state index in [1.54, 1.807) is 6.92 Å². The van der Waals surface area contributed by atoms with Crippen LogP contribution in [0.25, 0.3) is 0 Å². The molecular formula is C27H32F6O3. The van der Waals surface area contributed by atoms with Gasteiger partial charge in [0.15, 0.2) is 0 Å². The third-order valence-corrected chi connectivity index (χ3v) is 7.90. The molecule has 0 aromatic carbocycles. The molecule has 2 fully saturated rings. The van der Waals surface area contributed by atoms with Crippen LogP contribution in [-0.2, 0) is 0 Å². The van der Waals surface area contributed by atoms with Gasteiger partial charge in [0.05, 0.1) is 12.2 Å². The van der Waals surface area contributed by atoms with E-state index < -0.39 is 30.2 Å². The van der Waals surface area contributed by atoms with Crippen LogP contribution in [0.5, 0.6) is 0 Å². The van der Waals surface area contributed by atoms with E-state index in [-0.39, 0.29) is 30.1 Å². The van der Waals surface area contributed by atoms with Crippen molar-refractivity contribution in [3.63, 3.8) is 0 Å². The van der Waals surface area contributed by atoms with Gasteiger partial charge in [0.2, 0.25) is 0 Å². The molecule has 0 amide bonds. The van der Waals surface area contributed by atoms with Gasteiger partial charge < -0.3 is 15.3 Å². The lowest BCUT2D eigenvalue weighted by Crippen LogP contribution is -2.55. The fraction of sp³-hybridized carbons (Fsp3) is 0.630. The van der Waals surface area contributed by atoms with Crippen LogP contribution >= 0.6 is 0 Å². The van der Waals surface area contributed by atoms with Gasteiger partial charge in [-0.25, -0.2) is 0 Å². The third kappa shape index (κ3) is 5.32. The number of aliphatic hydroxyl groups is 3. The van der Waals surface area contributed by atoms with Crippen LogP contribution in [0.1, 0.15) is 58.8 Å². The van der Waals surface area contributed by atoms with Gasteiger partial charge in [0.1, 0.15) is 0 Å². The SMILES string of the molecule is C=C1/C(=C/C=C2\CCC[C@]3(C)C([C@H](C)CC#CC(O)(C(F)(F)F)C(F)(F)F)=CC[C@@H]23)C[C@@H](O)C[C@@H]1O. The molecule has 0 heterocycles. The Balaban J connectivity index is 1.78. The number of rotatable bonds is 3. The minimum atomic E-state index is -5.96. The van der Waals surface area contributed by atoms with Crippen molar-refractivity contribution in [2.24, 2.45) is 17.3 Å². The highest BCUT2D eigenvalue weighted by molar-refractivity contribution is 5.40. The van der Waals surface area contributed by atoms with E-state index in [2.05, 4.69) is 13.5 Å². The minimum Gasteiger partial charge on any atom is -0.393 e. The summed E-state index contributed by atoms with van der Waals surface area (Å²) in [6.07, 6.45) is -3.80. The molecule has 0 aromatic rings. The van der Waals surface area contributed by atoms with Gasteiger partial charge in [0.25, 0.3) is 0 Å². The molecule has 0 unspecified atom stereocenters. The standard InChI is InChI=1S/C27H32F6O3/c1-16(6-4-13-25(36,26(28,29)30)27(31,32)33)21-10-11-22-18(7-5-12-24(21,22)3)8-9-19-14-20(34)15-23(35)17(19)2/h8-10,16,20,22-23,34-36H,2,5-7,11-12,14-15H2,1,3H3/b18-8+,19-9+/t16-,20-,22+,23+,24-/m1/s1. The highest BCUT2D eigenvalue weighted by Gasteiger charge is 2.70. The van der Waals surface area contributed by atoms with Crippen LogP contribution in [0.15, 0.2) is 47.1 Å². The molecule has 36 heavy (non-hydrogen) atoms. The van der Waals surface area contributed by atoms with Crippen molar-refractivity contribution in [1.29, 1.82) is 0 Å². The number of fused-ring (bicyclic) bond motifs is 1. The zero-order valence-electron chi connectivity index (χ0n) is 20.3. The van der Waals surface area contributed by atoms with Gasteiger partial charge in [-0.15, -0.1) is 0 Å². The lowest BCUT2D eigenvalue weighted by atomic mass is 9.62. The fourth-order valence-corrected chi connectivity index (χ4v) is 5.83. The molecule has 3 N–H and O–H groups in total. The molecule has 5 atom stereocenters. The monoisotopic (exact) mass is 518 g/mol. The highest BCUT2D eigenvalue weighted by Crippen LogP contribution is 2.57. The summed E-state index contributed by atoms with van der Waals surface area (Å²) >= 11 is 0. The minimum absolute atomic E-state index is 0.127. The van der Waals surface area contributed by atoms with Crippen molar-refractivity contribution in [1.82, 2.24) is 0 Å². The topological polar surface area (TPSA) is 60.7 Å². The molecule has 2 saturated carbocycles. The third-order valence-electron chi connectivity index (χ3n) is 7.90. The molecule has 0 aliphatic heterocycles. The number of alkyl halides is 6. The first-order valence-corrected chi connectivity index (χ1v) is 12.0. The summed E-state index contributed by atoms with van der Waals surface area (Å²) in [7, 11) is 0. The molecule has 200 valence electrons. The lowest BCUT2D eigenvalue weighted by Gasteiger charge is -2.42. The van der Waals surface area contributed by atoms with E-state index >= 15 is 0 Å². The smallest absolute Gasteiger partial charge is 0.393 e. The summed E-state index contributed by atoms with van der Waals surface area (Å²) < 4.78 is 77.4. The van der Waals surface area contributed by atoms with E-state index in [4.69, 9.17) is 0 Å². The van der Waals surface area contributed by atoms with Crippen molar-refractivity contribution in [3.05, 3.63) is 47.1 Å². The summed E-state index contributed by atoms with van der Waals surface area (Å²) in [4.78, 5) is 0. The highest BCUT2D eigenvalue weighted by atomic mass is 19.4. The van der Waals surface area contributed by atoms with E-state index in [0.717, 1.165) is 36.3 Å². The molecule has 0 bridgehead atoms. The van der Waals surface area contributed by atoms with Crippen LogP contribution in [-0.4, -0.2) is 45.5 Å². The first-order valence-electron chi connectivity index (χ1n) is 12.0. The van der Waals surface area contributed by atoms with Gasteiger partial charge >= 0.3 is 18.0 Å². The molecule has 3 nitrogen and oxygen atoms in total. The van der Waals surface area contributed by atoms with Crippen molar-refractivity contribution >= 4 is 0 Å². The van der Waals surface area contributed by atoms with Gasteiger partial charge in [-0.1, -0.05) is 55.7 Å². The van der Waals surface area contributed by atoms with Gasteiger partial charge in [0, 0.05) is 12.8 Å². The molecular weight excluding hydrogens is 486 g/mol. The van der Waals surface area contributed by atoms with Gasteiger partial charge in [-0.05, 0) is 66.4 Å². The van der Waals surface area contributed by atoms with E-state index in [1.165, 1.54) is 5.57 Å². The Bertz CT molecular complexity index is 1010. The molecule has 0 aromatic heterocycles. The van der Waals surface area contributed by atoms with Crippen LogP contribution in [0.2, 0.25) is 0 Å². The molecule has 0 saturated heterocycles. The number of hydrogen-bond donors (Lipinski definition) is 3. The normalized spacial score (nSPS) is 32.7. The molecule has 3 aliphatic carbocycles. The molecule has 9 heteroatoms. The lowest BCUT2D eigenvalue weighted by molar-refractivity contribution is -0.343. The van der Waals surface area contributed by atoms with E-state index in [9.17, 15) is 41.7 Å². The molecule has 0 radical (unpaired) electrons. The quantitative estimate of drug-likeness (QED) is 0.247. The zero-order chi connectivity index (χ0) is 27.1. The average Bonchev–Trinajstić information content (AvgIpc) is 3.11. The Labute approximate surface area is 207 Å². The van der Waals surface area contributed by atoms with Gasteiger partial charge in [-0.3, -0.25) is 0 Å². The van der Waals surface area contributed by atoms with Crippen LogP contribution in [0, 0.1) is 29.1 Å². The maximum absolute atomic E-state index is 12.9. The van der Waals surface area contributed by atoms with Crippen molar-refractivity contribution in [3.8, 4) is 11.8 Å². The second kappa shape index (κ2) is 10.0.